The van der Waals surface area contributed by atoms with Gasteiger partial charge in [0.15, 0.2) is 11.6 Å². The Bertz CT molecular complexity index is 1410. The number of anilines is 1. The molecule has 0 saturated carbocycles. The summed E-state index contributed by atoms with van der Waals surface area (Å²) >= 11 is 1.32. The maximum absolute atomic E-state index is 13.6. The fraction of sp³-hybridized carbons (Fsp3) is 0.0357. The van der Waals surface area contributed by atoms with Gasteiger partial charge >= 0.3 is 0 Å². The van der Waals surface area contributed by atoms with E-state index < -0.39 is 0 Å². The van der Waals surface area contributed by atoms with Crippen molar-refractivity contribution in [3.05, 3.63) is 124 Å². The molecular weight excluding hydrogens is 430 g/mol. The van der Waals surface area contributed by atoms with Crippen molar-refractivity contribution < 1.29 is 14.4 Å². The predicted octanol–water partition coefficient (Wildman–Crippen LogP) is 6.17. The molecule has 0 radical (unpaired) electrons. The van der Waals surface area contributed by atoms with Crippen LogP contribution >= 0.6 is 11.8 Å². The first-order valence-corrected chi connectivity index (χ1v) is 11.3. The Hall–Kier alpha value is -3.96. The van der Waals surface area contributed by atoms with Crippen LogP contribution in [0.4, 0.5) is 5.69 Å². The van der Waals surface area contributed by atoms with Gasteiger partial charge in [0.25, 0.3) is 5.91 Å². The summed E-state index contributed by atoms with van der Waals surface area (Å²) in [5, 5.41) is 2.90. The van der Waals surface area contributed by atoms with E-state index in [4.69, 9.17) is 0 Å². The van der Waals surface area contributed by atoms with E-state index >= 15 is 0 Å². The molecule has 0 fully saturated rings. The molecule has 4 nitrogen and oxygen atoms in total. The van der Waals surface area contributed by atoms with Gasteiger partial charge in [0.05, 0.1) is 5.56 Å². The molecule has 0 saturated heterocycles. The van der Waals surface area contributed by atoms with Crippen LogP contribution in [0.15, 0.2) is 101 Å². The fourth-order valence-corrected chi connectivity index (χ4v) is 4.97. The number of carbonyl (C=O) groups is 3. The Labute approximate surface area is 195 Å². The lowest BCUT2D eigenvalue weighted by molar-refractivity contribution is 0.0975. The van der Waals surface area contributed by atoms with E-state index in [0.29, 0.717) is 32.8 Å². The first-order valence-electron chi connectivity index (χ1n) is 10.5. The minimum absolute atomic E-state index is 0.207. The first kappa shape index (κ1) is 20.9. The summed E-state index contributed by atoms with van der Waals surface area (Å²) < 4.78 is 0. The van der Waals surface area contributed by atoms with Crippen LogP contribution < -0.4 is 5.32 Å². The van der Waals surface area contributed by atoms with Gasteiger partial charge in [0.1, 0.15) is 0 Å². The number of ketones is 2. The molecule has 5 rings (SSSR count). The van der Waals surface area contributed by atoms with Crippen LogP contribution in [0.25, 0.3) is 0 Å². The largest absolute Gasteiger partial charge is 0.322 e. The number of benzene rings is 4. The molecule has 4 aromatic carbocycles. The smallest absolute Gasteiger partial charge is 0.256 e. The Kier molecular flexibility index (Phi) is 5.40. The Morgan fingerprint density at radius 2 is 1.33 bits per heavy atom. The highest BCUT2D eigenvalue weighted by Gasteiger charge is 2.34. The summed E-state index contributed by atoms with van der Waals surface area (Å²) in [6, 6.07) is 27.0. The van der Waals surface area contributed by atoms with E-state index in [0.717, 1.165) is 10.5 Å². The third-order valence-electron chi connectivity index (χ3n) is 5.56. The number of hydrogen-bond donors (Lipinski definition) is 1. The highest BCUT2D eigenvalue weighted by Crippen LogP contribution is 2.40. The zero-order valence-electron chi connectivity index (χ0n) is 17.8. The normalized spacial score (nSPS) is 12.2. The number of amides is 1. The van der Waals surface area contributed by atoms with Crippen molar-refractivity contribution >= 4 is 34.9 Å². The molecule has 1 amide bonds. The summed E-state index contributed by atoms with van der Waals surface area (Å²) in [4.78, 5) is 41.4. The highest BCUT2D eigenvalue weighted by molar-refractivity contribution is 7.99. The molecule has 160 valence electrons. The molecule has 1 aliphatic rings. The molecule has 4 aromatic rings. The van der Waals surface area contributed by atoms with Gasteiger partial charge in [-0.1, -0.05) is 71.9 Å². The molecule has 1 aliphatic carbocycles. The van der Waals surface area contributed by atoms with Gasteiger partial charge in [-0.25, -0.2) is 0 Å². The SMILES string of the molecule is Cc1ccc(Sc2c(C(=O)Nc3ccccc3)ccc3c2C(=O)c2ccccc2C3=O)cc1. The maximum Gasteiger partial charge on any atom is 0.256 e. The molecule has 0 aliphatic heterocycles. The zero-order chi connectivity index (χ0) is 22.9. The minimum Gasteiger partial charge on any atom is -0.322 e. The van der Waals surface area contributed by atoms with Crippen molar-refractivity contribution in [3.8, 4) is 0 Å². The maximum atomic E-state index is 13.6. The topological polar surface area (TPSA) is 63.2 Å². The van der Waals surface area contributed by atoms with Gasteiger partial charge in [-0.15, -0.1) is 0 Å². The van der Waals surface area contributed by atoms with Crippen LogP contribution in [0, 0.1) is 6.92 Å². The van der Waals surface area contributed by atoms with Crippen LogP contribution in [0.1, 0.15) is 47.8 Å². The average molecular weight is 450 g/mol. The van der Waals surface area contributed by atoms with Gasteiger partial charge in [-0.05, 0) is 43.3 Å². The molecule has 0 aromatic heterocycles. The van der Waals surface area contributed by atoms with Crippen LogP contribution in [0.5, 0.6) is 0 Å². The molecule has 5 heteroatoms. The van der Waals surface area contributed by atoms with Crippen LogP contribution in [0.2, 0.25) is 0 Å². The van der Waals surface area contributed by atoms with Crippen molar-refractivity contribution in [2.24, 2.45) is 0 Å². The van der Waals surface area contributed by atoms with E-state index in [1.54, 1.807) is 48.5 Å². The van der Waals surface area contributed by atoms with Crippen molar-refractivity contribution in [2.75, 3.05) is 5.32 Å². The van der Waals surface area contributed by atoms with Crippen LogP contribution in [-0.2, 0) is 0 Å². The van der Waals surface area contributed by atoms with E-state index in [-0.39, 0.29) is 23.0 Å². The third-order valence-corrected chi connectivity index (χ3v) is 6.70. The van der Waals surface area contributed by atoms with Gasteiger partial charge in [0, 0.05) is 37.7 Å². The lowest BCUT2D eigenvalue weighted by Crippen LogP contribution is -2.24. The molecule has 0 atom stereocenters. The Morgan fingerprint density at radius 3 is 2.03 bits per heavy atom. The van der Waals surface area contributed by atoms with E-state index in [2.05, 4.69) is 5.32 Å². The lowest BCUT2D eigenvalue weighted by atomic mass is 9.83. The van der Waals surface area contributed by atoms with Crippen molar-refractivity contribution in [2.45, 2.75) is 16.7 Å². The summed E-state index contributed by atoms with van der Waals surface area (Å²) in [5.41, 5.74) is 3.47. The standard InChI is InChI=1S/C28H19NO3S/c1-17-11-13-19(14-12-17)33-27-23(28(32)29-18-7-3-2-4-8-18)16-15-22-24(27)26(31)21-10-6-5-9-20(21)25(22)30/h2-16H,1H3,(H,29,32). The second kappa shape index (κ2) is 8.52. The van der Waals surface area contributed by atoms with Crippen molar-refractivity contribution in [1.29, 1.82) is 0 Å². The number of nitrogens with one attached hydrogen (secondary N) is 1. The van der Waals surface area contributed by atoms with E-state index in [9.17, 15) is 14.4 Å². The first-order chi connectivity index (χ1) is 16.0. The summed E-state index contributed by atoms with van der Waals surface area (Å²) in [5.74, 6) is -0.789. The molecular formula is C28H19NO3S. The van der Waals surface area contributed by atoms with Gasteiger partial charge in [-0.2, -0.15) is 0 Å². The minimum atomic E-state index is -0.335. The van der Waals surface area contributed by atoms with Crippen LogP contribution in [-0.4, -0.2) is 17.5 Å². The highest BCUT2D eigenvalue weighted by atomic mass is 32.2. The fourth-order valence-electron chi connectivity index (χ4n) is 3.89. The summed E-state index contributed by atoms with van der Waals surface area (Å²) in [6.07, 6.45) is 0. The van der Waals surface area contributed by atoms with Crippen LogP contribution in [0.3, 0.4) is 0 Å². The number of para-hydroxylation sites is 1. The predicted molar refractivity (Wildman–Crippen MR) is 129 cm³/mol. The molecule has 0 spiro atoms. The van der Waals surface area contributed by atoms with Gasteiger partial charge < -0.3 is 5.32 Å². The molecule has 0 unspecified atom stereocenters. The Morgan fingerprint density at radius 1 is 0.697 bits per heavy atom. The number of rotatable bonds is 4. The van der Waals surface area contributed by atoms with E-state index in [1.165, 1.54) is 11.8 Å². The second-order valence-electron chi connectivity index (χ2n) is 7.80. The summed E-state index contributed by atoms with van der Waals surface area (Å²) in [7, 11) is 0. The van der Waals surface area contributed by atoms with Gasteiger partial charge in [-0.3, -0.25) is 14.4 Å². The summed E-state index contributed by atoms with van der Waals surface area (Å²) in [6.45, 7) is 2.00. The Balaban J connectivity index is 1.66. The average Bonchev–Trinajstić information content (AvgIpc) is 2.84. The molecule has 0 bridgehead atoms. The van der Waals surface area contributed by atoms with Gasteiger partial charge in [0.2, 0.25) is 0 Å². The lowest BCUT2D eigenvalue weighted by Gasteiger charge is -2.22. The zero-order valence-corrected chi connectivity index (χ0v) is 18.6. The van der Waals surface area contributed by atoms with E-state index in [1.807, 2.05) is 49.4 Å². The number of carbonyl (C=O) groups excluding carboxylic acids is 3. The molecule has 0 heterocycles. The number of fused-ring (bicyclic) bond motifs is 2. The third kappa shape index (κ3) is 3.88. The van der Waals surface area contributed by atoms with Crippen molar-refractivity contribution in [3.63, 3.8) is 0 Å². The second-order valence-corrected chi connectivity index (χ2v) is 8.89. The van der Waals surface area contributed by atoms with Crippen molar-refractivity contribution in [1.82, 2.24) is 0 Å². The molecule has 1 N–H and O–H groups in total. The number of aryl methyl sites for hydroxylation is 1. The monoisotopic (exact) mass is 449 g/mol. The number of hydrogen-bond acceptors (Lipinski definition) is 4. The quantitative estimate of drug-likeness (QED) is 0.356. The molecule has 33 heavy (non-hydrogen) atoms.